The minimum atomic E-state index is -4.08. The summed E-state index contributed by atoms with van der Waals surface area (Å²) < 4.78 is 37.0. The quantitative estimate of drug-likeness (QED) is 0.573. The van der Waals surface area contributed by atoms with E-state index in [1.165, 1.54) is 0 Å². The molecule has 0 aliphatic heterocycles. The Balaban J connectivity index is 4.01. The highest BCUT2D eigenvalue weighted by Gasteiger charge is 2.31. The van der Waals surface area contributed by atoms with E-state index in [0.29, 0.717) is 6.54 Å². The summed E-state index contributed by atoms with van der Waals surface area (Å²) in [6.07, 6.45) is 0.816. The number of hydrogen-bond donors (Lipinski definition) is 0. The topological polar surface area (TPSA) is 3.24 Å². The van der Waals surface area contributed by atoms with Crippen molar-refractivity contribution in [2.45, 2.75) is 65.1 Å². The maximum absolute atomic E-state index is 12.3. The summed E-state index contributed by atoms with van der Waals surface area (Å²) in [5.41, 5.74) is 0. The number of unbranched alkanes of at least 4 members (excludes halogenated alkanes) is 3. The molecular formula is C12H24F3N. The molecule has 1 unspecified atom stereocenters. The van der Waals surface area contributed by atoms with Gasteiger partial charge in [0.05, 0.1) is 6.54 Å². The van der Waals surface area contributed by atoms with Crippen molar-refractivity contribution in [2.24, 2.45) is 0 Å². The van der Waals surface area contributed by atoms with Gasteiger partial charge in [0.2, 0.25) is 0 Å². The Hall–Kier alpha value is -0.250. The smallest absolute Gasteiger partial charge is 0.292 e. The van der Waals surface area contributed by atoms with Crippen LogP contribution >= 0.6 is 0 Å². The van der Waals surface area contributed by atoms with Crippen LogP contribution in [0.15, 0.2) is 0 Å². The minimum absolute atomic E-state index is 0.0169. The van der Waals surface area contributed by atoms with Gasteiger partial charge in [-0.2, -0.15) is 13.2 Å². The fraction of sp³-hybridized carbons (Fsp3) is 1.00. The molecule has 1 nitrogen and oxygen atoms in total. The summed E-state index contributed by atoms with van der Waals surface area (Å²) in [4.78, 5) is 1.55. The maximum atomic E-state index is 12.3. The first-order valence-corrected chi connectivity index (χ1v) is 6.21. The molecule has 0 fully saturated rings. The van der Waals surface area contributed by atoms with Crippen LogP contribution in [0.3, 0.4) is 0 Å². The number of halogens is 3. The summed E-state index contributed by atoms with van der Waals surface area (Å²) in [7, 11) is 0. The van der Waals surface area contributed by atoms with E-state index in [1.807, 2.05) is 13.8 Å². The first-order chi connectivity index (χ1) is 7.40. The molecule has 0 saturated carbocycles. The highest BCUT2D eigenvalue weighted by atomic mass is 19.4. The third-order valence-electron chi connectivity index (χ3n) is 2.90. The van der Waals surface area contributed by atoms with E-state index in [9.17, 15) is 13.2 Å². The van der Waals surface area contributed by atoms with Gasteiger partial charge in [-0.05, 0) is 26.3 Å². The van der Waals surface area contributed by atoms with Crippen LogP contribution in [-0.4, -0.2) is 30.2 Å². The third kappa shape index (κ3) is 7.97. The van der Waals surface area contributed by atoms with E-state index >= 15 is 0 Å². The van der Waals surface area contributed by atoms with Crippen LogP contribution < -0.4 is 0 Å². The standard InChI is InChI=1S/C12H24F3N/c1-4-6-7-8-9-16(11(3)5-2)10-12(13,14)15/h11H,4-10H2,1-3H3. The molecule has 0 aromatic rings. The predicted octanol–water partition coefficient (Wildman–Crippen LogP) is 4.23. The van der Waals surface area contributed by atoms with Gasteiger partial charge in [0.1, 0.15) is 0 Å². The Morgan fingerprint density at radius 3 is 2.12 bits per heavy atom. The van der Waals surface area contributed by atoms with Crippen molar-refractivity contribution < 1.29 is 13.2 Å². The Morgan fingerprint density at radius 2 is 1.69 bits per heavy atom. The average molecular weight is 239 g/mol. The number of rotatable bonds is 8. The van der Waals surface area contributed by atoms with Crippen molar-refractivity contribution in [1.82, 2.24) is 4.90 Å². The molecule has 0 rings (SSSR count). The first kappa shape index (κ1) is 15.8. The lowest BCUT2D eigenvalue weighted by Gasteiger charge is -2.29. The highest BCUT2D eigenvalue weighted by Crippen LogP contribution is 2.19. The lowest BCUT2D eigenvalue weighted by Crippen LogP contribution is -2.40. The molecule has 0 bridgehead atoms. The molecule has 0 N–H and O–H groups in total. The predicted molar refractivity (Wildman–Crippen MR) is 61.5 cm³/mol. The molecule has 0 saturated heterocycles. The van der Waals surface area contributed by atoms with Gasteiger partial charge in [0.15, 0.2) is 0 Å². The molecule has 4 heteroatoms. The summed E-state index contributed by atoms with van der Waals surface area (Å²) in [6, 6.07) is 0.0169. The molecule has 0 aromatic carbocycles. The highest BCUT2D eigenvalue weighted by molar-refractivity contribution is 4.69. The van der Waals surface area contributed by atoms with Crippen molar-refractivity contribution in [3.63, 3.8) is 0 Å². The minimum Gasteiger partial charge on any atom is -0.292 e. The van der Waals surface area contributed by atoms with Crippen molar-refractivity contribution in [3.05, 3.63) is 0 Å². The van der Waals surface area contributed by atoms with E-state index in [-0.39, 0.29) is 6.04 Å². The zero-order chi connectivity index (χ0) is 12.6. The molecule has 0 spiro atoms. The monoisotopic (exact) mass is 239 g/mol. The van der Waals surface area contributed by atoms with E-state index < -0.39 is 12.7 Å². The van der Waals surface area contributed by atoms with Gasteiger partial charge in [0.25, 0.3) is 0 Å². The fourth-order valence-corrected chi connectivity index (χ4v) is 1.69. The van der Waals surface area contributed by atoms with Crippen molar-refractivity contribution in [2.75, 3.05) is 13.1 Å². The van der Waals surface area contributed by atoms with Crippen molar-refractivity contribution >= 4 is 0 Å². The van der Waals surface area contributed by atoms with Crippen molar-refractivity contribution in [3.8, 4) is 0 Å². The Labute approximate surface area is 97.0 Å². The lowest BCUT2D eigenvalue weighted by atomic mass is 10.1. The molecule has 0 aromatic heterocycles. The van der Waals surface area contributed by atoms with Gasteiger partial charge in [-0.15, -0.1) is 0 Å². The van der Waals surface area contributed by atoms with E-state index in [0.717, 1.165) is 32.1 Å². The van der Waals surface area contributed by atoms with Gasteiger partial charge in [0, 0.05) is 6.04 Å². The third-order valence-corrected chi connectivity index (χ3v) is 2.90. The van der Waals surface area contributed by atoms with Crippen LogP contribution in [0.2, 0.25) is 0 Å². The summed E-state index contributed by atoms with van der Waals surface area (Å²) >= 11 is 0. The summed E-state index contributed by atoms with van der Waals surface area (Å²) in [5.74, 6) is 0. The number of hydrogen-bond acceptors (Lipinski definition) is 1. The zero-order valence-corrected chi connectivity index (χ0v) is 10.6. The Kier molecular flexibility index (Phi) is 7.81. The summed E-state index contributed by atoms with van der Waals surface area (Å²) in [6.45, 7) is 5.69. The van der Waals surface area contributed by atoms with E-state index in [4.69, 9.17) is 0 Å². The first-order valence-electron chi connectivity index (χ1n) is 6.21. The average Bonchev–Trinajstić information content (AvgIpc) is 2.19. The molecule has 0 heterocycles. The molecule has 0 radical (unpaired) electrons. The molecule has 1 atom stereocenters. The second kappa shape index (κ2) is 7.93. The maximum Gasteiger partial charge on any atom is 0.401 e. The van der Waals surface area contributed by atoms with Crippen LogP contribution in [0.5, 0.6) is 0 Å². The second-order valence-corrected chi connectivity index (χ2v) is 4.40. The Morgan fingerprint density at radius 1 is 1.06 bits per heavy atom. The van der Waals surface area contributed by atoms with Gasteiger partial charge in [-0.25, -0.2) is 0 Å². The van der Waals surface area contributed by atoms with Gasteiger partial charge in [-0.1, -0.05) is 33.1 Å². The molecule has 0 aliphatic rings. The SMILES string of the molecule is CCCCCCN(CC(F)(F)F)C(C)CC. The summed E-state index contributed by atoms with van der Waals surface area (Å²) in [5, 5.41) is 0. The lowest BCUT2D eigenvalue weighted by molar-refractivity contribution is -0.150. The van der Waals surface area contributed by atoms with Crippen molar-refractivity contribution in [1.29, 1.82) is 0 Å². The molecule has 0 aliphatic carbocycles. The van der Waals surface area contributed by atoms with Crippen LogP contribution in [0.25, 0.3) is 0 Å². The number of nitrogens with zero attached hydrogens (tertiary/aromatic N) is 1. The number of alkyl halides is 3. The zero-order valence-electron chi connectivity index (χ0n) is 10.6. The van der Waals surface area contributed by atoms with E-state index in [1.54, 1.807) is 4.90 Å². The Bertz CT molecular complexity index is 168. The second-order valence-electron chi connectivity index (χ2n) is 4.40. The fourth-order valence-electron chi connectivity index (χ4n) is 1.69. The van der Waals surface area contributed by atoms with E-state index in [2.05, 4.69) is 6.92 Å². The van der Waals surface area contributed by atoms with Crippen LogP contribution in [0, 0.1) is 0 Å². The molecule has 16 heavy (non-hydrogen) atoms. The van der Waals surface area contributed by atoms with Crippen LogP contribution in [0.1, 0.15) is 52.9 Å². The molecule has 98 valence electrons. The van der Waals surface area contributed by atoms with Gasteiger partial charge >= 0.3 is 6.18 Å². The van der Waals surface area contributed by atoms with Crippen LogP contribution in [0.4, 0.5) is 13.2 Å². The van der Waals surface area contributed by atoms with Crippen LogP contribution in [-0.2, 0) is 0 Å². The normalized spacial score (nSPS) is 14.4. The van der Waals surface area contributed by atoms with Gasteiger partial charge < -0.3 is 0 Å². The molecular weight excluding hydrogens is 215 g/mol. The largest absolute Gasteiger partial charge is 0.401 e. The van der Waals surface area contributed by atoms with Gasteiger partial charge in [-0.3, -0.25) is 4.90 Å². The molecule has 0 amide bonds.